The van der Waals surface area contributed by atoms with Crippen molar-refractivity contribution >= 4 is 15.8 Å². The first kappa shape index (κ1) is 17.5. The van der Waals surface area contributed by atoms with Crippen LogP contribution in [0.2, 0.25) is 0 Å². The van der Waals surface area contributed by atoms with Crippen molar-refractivity contribution in [2.45, 2.75) is 59.3 Å². The van der Waals surface area contributed by atoms with E-state index in [-0.39, 0.29) is 17.9 Å². The standard InChI is InChI=1S/C15H28O4S/c1-4-10-20(18,19)11-9-15(14(16)17)7-5-13(6-8-15)12(2)3/h12-13H,4-11H2,1-3H3,(H,16,17). The molecule has 1 aliphatic carbocycles. The summed E-state index contributed by atoms with van der Waals surface area (Å²) < 4.78 is 23.6. The van der Waals surface area contributed by atoms with Crippen LogP contribution in [0.5, 0.6) is 0 Å². The van der Waals surface area contributed by atoms with E-state index < -0.39 is 21.2 Å². The molecule has 20 heavy (non-hydrogen) atoms. The number of carboxylic acid groups (broad SMARTS) is 1. The van der Waals surface area contributed by atoms with Gasteiger partial charge in [-0.25, -0.2) is 8.42 Å². The van der Waals surface area contributed by atoms with Crippen LogP contribution in [0.3, 0.4) is 0 Å². The number of carboxylic acids is 1. The monoisotopic (exact) mass is 304 g/mol. The van der Waals surface area contributed by atoms with Gasteiger partial charge in [0.1, 0.15) is 9.84 Å². The zero-order valence-corrected chi connectivity index (χ0v) is 13.7. The van der Waals surface area contributed by atoms with Crippen molar-refractivity contribution < 1.29 is 18.3 Å². The Balaban J connectivity index is 2.69. The van der Waals surface area contributed by atoms with Crippen molar-refractivity contribution in [3.05, 3.63) is 0 Å². The topological polar surface area (TPSA) is 71.4 Å². The smallest absolute Gasteiger partial charge is 0.309 e. The Morgan fingerprint density at radius 3 is 2.20 bits per heavy atom. The molecule has 5 heteroatoms. The average molecular weight is 304 g/mol. The number of hydrogen-bond acceptors (Lipinski definition) is 3. The summed E-state index contributed by atoms with van der Waals surface area (Å²) in [6, 6.07) is 0. The Morgan fingerprint density at radius 2 is 1.80 bits per heavy atom. The predicted molar refractivity (Wildman–Crippen MR) is 80.4 cm³/mol. The molecule has 0 saturated heterocycles. The molecule has 4 nitrogen and oxygen atoms in total. The molecular formula is C15H28O4S. The third-order valence-corrected chi connectivity index (χ3v) is 6.65. The first-order valence-corrected chi connectivity index (χ1v) is 9.48. The van der Waals surface area contributed by atoms with Crippen LogP contribution in [0.25, 0.3) is 0 Å². The van der Waals surface area contributed by atoms with Crippen LogP contribution >= 0.6 is 0 Å². The molecular weight excluding hydrogens is 276 g/mol. The van der Waals surface area contributed by atoms with Crippen molar-refractivity contribution in [2.24, 2.45) is 17.3 Å². The molecule has 0 aromatic carbocycles. The molecule has 0 bridgehead atoms. The van der Waals surface area contributed by atoms with Gasteiger partial charge in [0.2, 0.25) is 0 Å². The Kier molecular flexibility index (Phi) is 6.05. The molecule has 1 N–H and O–H groups in total. The van der Waals surface area contributed by atoms with E-state index in [0.29, 0.717) is 31.1 Å². The van der Waals surface area contributed by atoms with Crippen LogP contribution in [0.15, 0.2) is 0 Å². The van der Waals surface area contributed by atoms with Gasteiger partial charge in [0.15, 0.2) is 0 Å². The summed E-state index contributed by atoms with van der Waals surface area (Å²) in [5, 5.41) is 9.55. The van der Waals surface area contributed by atoms with E-state index in [0.717, 1.165) is 12.8 Å². The molecule has 1 aliphatic rings. The van der Waals surface area contributed by atoms with Crippen LogP contribution in [-0.2, 0) is 14.6 Å². The summed E-state index contributed by atoms with van der Waals surface area (Å²) in [6.45, 7) is 6.17. The van der Waals surface area contributed by atoms with Crippen LogP contribution < -0.4 is 0 Å². The number of hydrogen-bond donors (Lipinski definition) is 1. The molecule has 0 atom stereocenters. The summed E-state index contributed by atoms with van der Waals surface area (Å²) in [5.74, 6) is 0.517. The molecule has 0 aromatic rings. The first-order chi connectivity index (χ1) is 9.22. The number of rotatable bonds is 7. The van der Waals surface area contributed by atoms with Gasteiger partial charge in [-0.1, -0.05) is 20.8 Å². The lowest BCUT2D eigenvalue weighted by molar-refractivity contribution is -0.152. The van der Waals surface area contributed by atoms with Crippen molar-refractivity contribution in [3.63, 3.8) is 0 Å². The summed E-state index contributed by atoms with van der Waals surface area (Å²) in [6.07, 6.45) is 3.91. The molecule has 0 radical (unpaired) electrons. The molecule has 1 fully saturated rings. The fourth-order valence-corrected chi connectivity index (χ4v) is 4.72. The fraction of sp³-hybridized carbons (Fsp3) is 0.933. The lowest BCUT2D eigenvalue weighted by Crippen LogP contribution is -2.38. The average Bonchev–Trinajstić information content (AvgIpc) is 2.36. The highest BCUT2D eigenvalue weighted by Gasteiger charge is 2.42. The van der Waals surface area contributed by atoms with Gasteiger partial charge < -0.3 is 5.11 Å². The second-order valence-electron chi connectivity index (χ2n) is 6.57. The molecule has 1 saturated carbocycles. The quantitative estimate of drug-likeness (QED) is 0.784. The van der Waals surface area contributed by atoms with Crippen LogP contribution in [-0.4, -0.2) is 31.0 Å². The summed E-state index contributed by atoms with van der Waals surface area (Å²) in [5.41, 5.74) is -0.813. The Labute approximate surface area is 122 Å². The molecule has 118 valence electrons. The van der Waals surface area contributed by atoms with Gasteiger partial charge in [-0.15, -0.1) is 0 Å². The Hall–Kier alpha value is -0.580. The van der Waals surface area contributed by atoms with Gasteiger partial charge in [0.05, 0.1) is 11.2 Å². The van der Waals surface area contributed by atoms with E-state index >= 15 is 0 Å². The number of aliphatic carboxylic acids is 1. The van der Waals surface area contributed by atoms with E-state index in [1.165, 1.54) is 0 Å². The second kappa shape index (κ2) is 6.92. The molecule has 0 heterocycles. The van der Waals surface area contributed by atoms with Crippen LogP contribution in [0.4, 0.5) is 0 Å². The minimum atomic E-state index is -3.10. The highest BCUT2D eigenvalue weighted by Crippen LogP contribution is 2.44. The fourth-order valence-electron chi connectivity index (χ4n) is 3.19. The summed E-state index contributed by atoms with van der Waals surface area (Å²) in [4.78, 5) is 11.6. The van der Waals surface area contributed by atoms with Crippen molar-refractivity contribution in [3.8, 4) is 0 Å². The number of sulfone groups is 1. The van der Waals surface area contributed by atoms with Gasteiger partial charge in [0, 0.05) is 5.75 Å². The SMILES string of the molecule is CCCS(=O)(=O)CCC1(C(=O)O)CCC(C(C)C)CC1. The Bertz CT molecular complexity index is 417. The largest absolute Gasteiger partial charge is 0.481 e. The number of carbonyl (C=O) groups is 1. The highest BCUT2D eigenvalue weighted by atomic mass is 32.2. The van der Waals surface area contributed by atoms with Gasteiger partial charge >= 0.3 is 5.97 Å². The van der Waals surface area contributed by atoms with Crippen molar-refractivity contribution in [1.29, 1.82) is 0 Å². The lowest BCUT2D eigenvalue weighted by atomic mass is 9.67. The molecule has 0 aliphatic heterocycles. The summed E-state index contributed by atoms with van der Waals surface area (Å²) >= 11 is 0. The van der Waals surface area contributed by atoms with Gasteiger partial charge in [-0.05, 0) is 50.4 Å². The first-order valence-electron chi connectivity index (χ1n) is 7.66. The molecule has 0 spiro atoms. The molecule has 0 aromatic heterocycles. The van der Waals surface area contributed by atoms with Gasteiger partial charge in [0.25, 0.3) is 0 Å². The van der Waals surface area contributed by atoms with Crippen LogP contribution in [0.1, 0.15) is 59.3 Å². The second-order valence-corrected chi connectivity index (χ2v) is 8.87. The molecule has 0 unspecified atom stereocenters. The minimum Gasteiger partial charge on any atom is -0.481 e. The zero-order valence-electron chi connectivity index (χ0n) is 12.9. The van der Waals surface area contributed by atoms with E-state index in [1.807, 2.05) is 6.92 Å². The van der Waals surface area contributed by atoms with Gasteiger partial charge in [-0.3, -0.25) is 4.79 Å². The highest BCUT2D eigenvalue weighted by molar-refractivity contribution is 7.91. The maximum Gasteiger partial charge on any atom is 0.309 e. The molecule has 1 rings (SSSR count). The van der Waals surface area contributed by atoms with Crippen molar-refractivity contribution in [2.75, 3.05) is 11.5 Å². The van der Waals surface area contributed by atoms with E-state index in [9.17, 15) is 18.3 Å². The van der Waals surface area contributed by atoms with E-state index in [4.69, 9.17) is 0 Å². The third-order valence-electron chi connectivity index (χ3n) is 4.79. The van der Waals surface area contributed by atoms with Gasteiger partial charge in [-0.2, -0.15) is 0 Å². The minimum absolute atomic E-state index is 0.0134. The van der Waals surface area contributed by atoms with E-state index in [1.54, 1.807) is 0 Å². The lowest BCUT2D eigenvalue weighted by Gasteiger charge is -2.38. The zero-order chi connectivity index (χ0) is 15.4. The maximum absolute atomic E-state index is 11.8. The van der Waals surface area contributed by atoms with Crippen LogP contribution in [0, 0.1) is 17.3 Å². The molecule has 0 amide bonds. The normalized spacial score (nSPS) is 27.7. The van der Waals surface area contributed by atoms with E-state index in [2.05, 4.69) is 13.8 Å². The Morgan fingerprint density at radius 1 is 1.25 bits per heavy atom. The predicted octanol–water partition coefficient (Wildman–Crippen LogP) is 3.12. The van der Waals surface area contributed by atoms with Crippen molar-refractivity contribution in [1.82, 2.24) is 0 Å². The summed E-state index contributed by atoms with van der Waals surface area (Å²) in [7, 11) is -3.10. The third kappa shape index (κ3) is 4.47. The maximum atomic E-state index is 11.8.